The third kappa shape index (κ3) is 7.01. The summed E-state index contributed by atoms with van der Waals surface area (Å²) in [4.78, 5) is 47.4. The van der Waals surface area contributed by atoms with Gasteiger partial charge in [0, 0.05) is 51.4 Å². The van der Waals surface area contributed by atoms with Gasteiger partial charge in [-0.25, -0.2) is 18.7 Å². The van der Waals surface area contributed by atoms with Crippen molar-refractivity contribution >= 4 is 29.7 Å². The number of nitrogen functional groups attached to an aromatic ring is 2. The number of nitrogens with zero attached hydrogens (tertiary/aromatic N) is 7. The molecule has 0 unspecified atom stereocenters. The lowest BCUT2D eigenvalue weighted by Gasteiger charge is -2.34. The summed E-state index contributed by atoms with van der Waals surface area (Å²) < 4.78 is 26.9. The van der Waals surface area contributed by atoms with Crippen LogP contribution in [0.25, 0.3) is 11.4 Å². The quantitative estimate of drug-likeness (QED) is 0.357. The standard InChI is InChI=1S/C21H28F2N10O2/c1-12(2)10-14(34)26-5-3-4-15(35)32-6-8-33(9-7-32)21-30-18(29-20(25)31-21)13-11-27-19(24)28-16(13)17(22)23/h10-11,17H,3-9H2,1-2H3,(H,26,34)(H2,24,27,28)(H2,25,29,30,31). The van der Waals surface area contributed by atoms with Gasteiger partial charge in [-0.3, -0.25) is 9.59 Å². The summed E-state index contributed by atoms with van der Waals surface area (Å²) in [6.07, 6.45) is 0.568. The lowest BCUT2D eigenvalue weighted by Crippen LogP contribution is -2.49. The molecule has 0 aromatic carbocycles. The normalized spacial score (nSPS) is 13.6. The maximum absolute atomic E-state index is 13.4. The number of nitrogens with two attached hydrogens (primary N) is 2. The fourth-order valence-corrected chi connectivity index (χ4v) is 3.47. The van der Waals surface area contributed by atoms with Crippen LogP contribution in [-0.4, -0.2) is 74.4 Å². The van der Waals surface area contributed by atoms with Crippen LogP contribution in [0.2, 0.25) is 0 Å². The Morgan fingerprint density at radius 3 is 2.46 bits per heavy atom. The van der Waals surface area contributed by atoms with E-state index in [0.29, 0.717) is 45.6 Å². The zero-order valence-electron chi connectivity index (χ0n) is 19.5. The van der Waals surface area contributed by atoms with Crippen molar-refractivity contribution in [1.29, 1.82) is 0 Å². The van der Waals surface area contributed by atoms with Crippen LogP contribution in [0.3, 0.4) is 0 Å². The average molecular weight is 491 g/mol. The maximum atomic E-state index is 13.4. The second-order valence-corrected chi connectivity index (χ2v) is 8.13. The van der Waals surface area contributed by atoms with Crippen LogP contribution < -0.4 is 21.7 Å². The van der Waals surface area contributed by atoms with E-state index >= 15 is 0 Å². The molecule has 5 N–H and O–H groups in total. The van der Waals surface area contributed by atoms with Gasteiger partial charge in [0.25, 0.3) is 6.43 Å². The van der Waals surface area contributed by atoms with E-state index in [-0.39, 0.29) is 41.0 Å². The number of anilines is 3. The van der Waals surface area contributed by atoms with Crippen molar-refractivity contribution in [2.24, 2.45) is 0 Å². The van der Waals surface area contributed by atoms with Gasteiger partial charge in [-0.15, -0.1) is 0 Å². The van der Waals surface area contributed by atoms with Crippen molar-refractivity contribution in [3.8, 4) is 11.4 Å². The van der Waals surface area contributed by atoms with Crippen LogP contribution in [0.4, 0.5) is 26.6 Å². The smallest absolute Gasteiger partial charge is 0.281 e. The molecular formula is C21H28F2N10O2. The molecule has 2 aromatic rings. The number of rotatable bonds is 8. The van der Waals surface area contributed by atoms with Crippen LogP contribution in [0, 0.1) is 0 Å². The van der Waals surface area contributed by atoms with Gasteiger partial charge in [0.2, 0.25) is 29.7 Å². The second kappa shape index (κ2) is 11.4. The van der Waals surface area contributed by atoms with E-state index < -0.39 is 12.1 Å². The molecule has 1 aliphatic heterocycles. The first-order chi connectivity index (χ1) is 16.6. The highest BCUT2D eigenvalue weighted by atomic mass is 19.3. The van der Waals surface area contributed by atoms with Crippen molar-refractivity contribution in [2.45, 2.75) is 33.1 Å². The lowest BCUT2D eigenvalue weighted by atomic mass is 10.2. The molecule has 3 rings (SSSR count). The third-order valence-corrected chi connectivity index (χ3v) is 5.13. The fraction of sp³-hybridized carbons (Fsp3) is 0.476. The minimum absolute atomic E-state index is 0.0161. The van der Waals surface area contributed by atoms with Crippen LogP contribution in [0.1, 0.15) is 38.8 Å². The molecule has 0 radical (unpaired) electrons. The van der Waals surface area contributed by atoms with Crippen molar-refractivity contribution < 1.29 is 18.4 Å². The Labute approximate surface area is 200 Å². The number of nitrogens with one attached hydrogen (secondary N) is 1. The molecule has 3 heterocycles. The summed E-state index contributed by atoms with van der Waals surface area (Å²) in [5, 5.41) is 2.75. The molecule has 1 saturated heterocycles. The monoisotopic (exact) mass is 490 g/mol. The van der Waals surface area contributed by atoms with Crippen molar-refractivity contribution in [1.82, 2.24) is 35.1 Å². The van der Waals surface area contributed by atoms with Gasteiger partial charge < -0.3 is 26.6 Å². The summed E-state index contributed by atoms with van der Waals surface area (Å²) in [5.74, 6) is -0.501. The molecule has 35 heavy (non-hydrogen) atoms. The summed E-state index contributed by atoms with van der Waals surface area (Å²) >= 11 is 0. The van der Waals surface area contributed by atoms with Crippen LogP contribution >= 0.6 is 0 Å². The summed E-state index contributed by atoms with van der Waals surface area (Å²) in [5.41, 5.74) is 11.5. The number of carbonyl (C=O) groups excluding carboxylic acids is 2. The number of alkyl halides is 2. The first kappa shape index (κ1) is 25.6. The number of halogens is 2. The van der Waals surface area contributed by atoms with Gasteiger partial charge in [-0.05, 0) is 20.3 Å². The minimum Gasteiger partial charge on any atom is -0.368 e. The number of carbonyl (C=O) groups is 2. The number of hydrogen-bond acceptors (Lipinski definition) is 10. The van der Waals surface area contributed by atoms with Gasteiger partial charge in [0.1, 0.15) is 5.69 Å². The van der Waals surface area contributed by atoms with Crippen LogP contribution in [0.15, 0.2) is 17.8 Å². The average Bonchev–Trinajstić information content (AvgIpc) is 2.81. The molecule has 2 aromatic heterocycles. The molecule has 14 heteroatoms. The largest absolute Gasteiger partial charge is 0.368 e. The fourth-order valence-electron chi connectivity index (χ4n) is 3.47. The van der Waals surface area contributed by atoms with E-state index in [2.05, 4.69) is 30.2 Å². The lowest BCUT2D eigenvalue weighted by molar-refractivity contribution is -0.131. The summed E-state index contributed by atoms with van der Waals surface area (Å²) in [7, 11) is 0. The molecule has 12 nitrogen and oxygen atoms in total. The van der Waals surface area contributed by atoms with E-state index in [1.54, 1.807) is 9.80 Å². The molecule has 2 amide bonds. The molecule has 1 aliphatic rings. The number of hydrogen-bond donors (Lipinski definition) is 3. The Hall–Kier alpha value is -3.97. The van der Waals surface area contributed by atoms with Gasteiger partial charge in [-0.2, -0.15) is 15.0 Å². The van der Waals surface area contributed by atoms with Gasteiger partial charge in [0.05, 0.1) is 5.56 Å². The summed E-state index contributed by atoms with van der Waals surface area (Å²) in [6.45, 7) is 5.78. The summed E-state index contributed by atoms with van der Waals surface area (Å²) in [6, 6.07) is 0. The molecule has 0 bridgehead atoms. The third-order valence-electron chi connectivity index (χ3n) is 5.13. The first-order valence-corrected chi connectivity index (χ1v) is 11.0. The highest BCUT2D eigenvalue weighted by Crippen LogP contribution is 2.28. The number of aromatic nitrogens is 5. The maximum Gasteiger partial charge on any atom is 0.281 e. The van der Waals surface area contributed by atoms with Crippen LogP contribution in [-0.2, 0) is 9.59 Å². The second-order valence-electron chi connectivity index (χ2n) is 8.13. The van der Waals surface area contributed by atoms with E-state index in [1.807, 2.05) is 13.8 Å². The predicted molar refractivity (Wildman–Crippen MR) is 125 cm³/mol. The molecule has 0 aliphatic carbocycles. The topological polar surface area (TPSA) is 169 Å². The van der Waals surface area contributed by atoms with Gasteiger partial charge >= 0.3 is 0 Å². The van der Waals surface area contributed by atoms with E-state index in [9.17, 15) is 18.4 Å². The molecule has 0 atom stereocenters. The van der Waals surface area contributed by atoms with Gasteiger partial charge in [0.15, 0.2) is 5.82 Å². The highest BCUT2D eigenvalue weighted by molar-refractivity contribution is 5.88. The van der Waals surface area contributed by atoms with Crippen molar-refractivity contribution in [3.05, 3.63) is 23.5 Å². The zero-order chi connectivity index (χ0) is 25.5. The zero-order valence-corrected chi connectivity index (χ0v) is 19.5. The number of piperazine rings is 1. The molecule has 0 spiro atoms. The molecule has 1 fully saturated rings. The SMILES string of the molecule is CC(C)=CC(=O)NCCCC(=O)N1CCN(c2nc(N)nc(-c3cnc(N)nc3C(F)F)n2)CC1. The Morgan fingerprint density at radius 1 is 1.09 bits per heavy atom. The van der Waals surface area contributed by atoms with E-state index in [0.717, 1.165) is 11.8 Å². The van der Waals surface area contributed by atoms with E-state index in [1.165, 1.54) is 6.08 Å². The molecule has 0 saturated carbocycles. The predicted octanol–water partition coefficient (Wildman–Crippen LogP) is 0.942. The Kier molecular flexibility index (Phi) is 8.39. The van der Waals surface area contributed by atoms with E-state index in [4.69, 9.17) is 11.5 Å². The van der Waals surface area contributed by atoms with Gasteiger partial charge in [-0.1, -0.05) is 5.57 Å². The molecular weight excluding hydrogens is 462 g/mol. The Bertz CT molecular complexity index is 1100. The Morgan fingerprint density at radius 2 is 1.80 bits per heavy atom. The number of allylic oxidation sites excluding steroid dienone is 1. The molecule has 188 valence electrons. The first-order valence-electron chi connectivity index (χ1n) is 11.0. The minimum atomic E-state index is -2.91. The highest BCUT2D eigenvalue weighted by Gasteiger charge is 2.25. The van der Waals surface area contributed by atoms with Crippen molar-refractivity contribution in [3.63, 3.8) is 0 Å². The van der Waals surface area contributed by atoms with Crippen LogP contribution in [0.5, 0.6) is 0 Å². The Balaban J connectivity index is 1.59. The number of amides is 2. The van der Waals surface area contributed by atoms with Crippen molar-refractivity contribution in [2.75, 3.05) is 49.1 Å².